The minimum atomic E-state index is -0.830. The van der Waals surface area contributed by atoms with Crippen molar-refractivity contribution in [1.29, 1.82) is 0 Å². The second-order valence-electron chi connectivity index (χ2n) is 9.82. The van der Waals surface area contributed by atoms with Crippen molar-refractivity contribution in [1.82, 2.24) is 19.9 Å². The van der Waals surface area contributed by atoms with E-state index < -0.39 is 12.0 Å². The number of halogens is 3. The van der Waals surface area contributed by atoms with Gasteiger partial charge in [-0.05, 0) is 45.1 Å². The average molecular weight is 464 g/mol. The van der Waals surface area contributed by atoms with Crippen LogP contribution in [0.4, 0.5) is 14.6 Å². The van der Waals surface area contributed by atoms with Crippen molar-refractivity contribution in [2.75, 3.05) is 31.1 Å². The minimum absolute atomic E-state index is 0.146. The first-order chi connectivity index (χ1) is 15.5. The molecule has 4 aliphatic heterocycles. The van der Waals surface area contributed by atoms with Crippen LogP contribution in [0.3, 0.4) is 0 Å². The molecule has 0 saturated carbocycles. The lowest BCUT2D eigenvalue weighted by Crippen LogP contribution is -2.43. The van der Waals surface area contributed by atoms with Crippen molar-refractivity contribution in [2.24, 2.45) is 0 Å². The molecule has 3 saturated heterocycles. The van der Waals surface area contributed by atoms with Crippen LogP contribution in [0.2, 0.25) is 5.15 Å². The second kappa shape index (κ2) is 7.90. The summed E-state index contributed by atoms with van der Waals surface area (Å²) in [4.78, 5) is 18.1. The van der Waals surface area contributed by atoms with E-state index in [0.717, 1.165) is 57.3 Å². The first-order valence-electron chi connectivity index (χ1n) is 11.9. The highest BCUT2D eigenvalue weighted by atomic mass is 35.5. The maximum atomic E-state index is 15.1. The lowest BCUT2D eigenvalue weighted by atomic mass is 9.95. The lowest BCUT2D eigenvalue weighted by Gasteiger charge is -2.32. The van der Waals surface area contributed by atoms with Crippen LogP contribution < -0.4 is 9.64 Å². The number of anilines is 1. The third kappa shape index (κ3) is 3.33. The quantitative estimate of drug-likeness (QED) is 0.626. The van der Waals surface area contributed by atoms with Crippen LogP contribution in [-0.2, 0) is 6.42 Å². The van der Waals surface area contributed by atoms with Gasteiger partial charge in [-0.2, -0.15) is 9.97 Å². The average Bonchev–Trinajstić information content (AvgIpc) is 3.12. The van der Waals surface area contributed by atoms with Crippen molar-refractivity contribution in [3.05, 3.63) is 16.7 Å². The van der Waals surface area contributed by atoms with Gasteiger partial charge >= 0.3 is 6.01 Å². The van der Waals surface area contributed by atoms with Gasteiger partial charge in [0.2, 0.25) is 0 Å². The Bertz CT molecular complexity index is 1050. The molecule has 2 aromatic heterocycles. The fraction of sp³-hybridized carbons (Fsp3) is 0.696. The Hall–Kier alpha value is -1.80. The largest absolute Gasteiger partial charge is 0.461 e. The molecular formula is C23H28ClF2N5O. The number of aromatic nitrogens is 3. The van der Waals surface area contributed by atoms with Gasteiger partial charge in [0.05, 0.1) is 16.6 Å². The summed E-state index contributed by atoms with van der Waals surface area (Å²) in [5, 5.41) is 0.505. The molecule has 0 spiro atoms. The van der Waals surface area contributed by atoms with Gasteiger partial charge in [-0.1, -0.05) is 24.4 Å². The van der Waals surface area contributed by atoms with Crippen molar-refractivity contribution in [3.63, 3.8) is 0 Å². The standard InChI is InChI=1S/C23H28ClF2N5O/c24-20-18(26)19-17-16(27-20)7-6-15-5-2-1-3-10-31(15)21(17)29-22(28-19)32-13-23-8-4-9-30(23)12-14(25)11-23/h14-15H,1-13H2/t14-,15?,23+/m1/s1. The molecule has 6 heterocycles. The molecular weight excluding hydrogens is 436 g/mol. The first-order valence-corrected chi connectivity index (χ1v) is 12.3. The van der Waals surface area contributed by atoms with E-state index >= 15 is 4.39 Å². The molecule has 6 rings (SSSR count). The lowest BCUT2D eigenvalue weighted by molar-refractivity contribution is 0.107. The van der Waals surface area contributed by atoms with Crippen LogP contribution in [0.25, 0.3) is 10.9 Å². The Balaban J connectivity index is 1.42. The van der Waals surface area contributed by atoms with Gasteiger partial charge in [-0.25, -0.2) is 13.8 Å². The van der Waals surface area contributed by atoms with Gasteiger partial charge in [0.15, 0.2) is 11.0 Å². The summed E-state index contributed by atoms with van der Waals surface area (Å²) in [5.41, 5.74) is 0.634. The van der Waals surface area contributed by atoms with E-state index in [0.29, 0.717) is 36.8 Å². The maximum absolute atomic E-state index is 15.1. The number of rotatable bonds is 3. The molecule has 1 unspecified atom stereocenters. The summed E-state index contributed by atoms with van der Waals surface area (Å²) in [6.07, 6.45) is 7.77. The topological polar surface area (TPSA) is 54.4 Å². The highest BCUT2D eigenvalue weighted by Gasteiger charge is 2.49. The predicted octanol–water partition coefficient (Wildman–Crippen LogP) is 4.47. The second-order valence-corrected chi connectivity index (χ2v) is 10.2. The fourth-order valence-corrected chi connectivity index (χ4v) is 6.53. The van der Waals surface area contributed by atoms with E-state index in [-0.39, 0.29) is 22.2 Å². The van der Waals surface area contributed by atoms with Gasteiger partial charge in [0.25, 0.3) is 0 Å². The van der Waals surface area contributed by atoms with Crippen molar-refractivity contribution < 1.29 is 13.5 Å². The van der Waals surface area contributed by atoms with Crippen molar-refractivity contribution in [2.45, 2.75) is 75.5 Å². The summed E-state index contributed by atoms with van der Waals surface area (Å²) >= 11 is 6.15. The molecule has 0 radical (unpaired) electrons. The van der Waals surface area contributed by atoms with Gasteiger partial charge in [-0.15, -0.1) is 0 Å². The third-order valence-corrected chi connectivity index (χ3v) is 8.12. The molecule has 6 nitrogen and oxygen atoms in total. The summed E-state index contributed by atoms with van der Waals surface area (Å²) in [6, 6.07) is 0.485. The van der Waals surface area contributed by atoms with Crippen molar-refractivity contribution >= 4 is 28.3 Å². The number of aryl methyl sites for hydroxylation is 1. The predicted molar refractivity (Wildman–Crippen MR) is 119 cm³/mol. The number of hydrogen-bond donors (Lipinski definition) is 0. The van der Waals surface area contributed by atoms with E-state index in [2.05, 4.69) is 19.8 Å². The molecule has 0 aliphatic carbocycles. The molecule has 4 aliphatic rings. The molecule has 2 aromatic rings. The van der Waals surface area contributed by atoms with Crippen LogP contribution >= 0.6 is 11.6 Å². The Morgan fingerprint density at radius 3 is 2.91 bits per heavy atom. The van der Waals surface area contributed by atoms with Crippen LogP contribution in [0.1, 0.15) is 57.1 Å². The SMILES string of the molecule is Fc1c(Cl)nc2c3c(nc(OC[C@@]45CCCN4C[C@H](F)C5)nc13)N1CCCCCC1CC2. The fourth-order valence-electron chi connectivity index (χ4n) is 6.34. The van der Waals surface area contributed by atoms with E-state index in [4.69, 9.17) is 21.3 Å². The highest BCUT2D eigenvalue weighted by molar-refractivity contribution is 6.30. The molecule has 0 amide bonds. The maximum Gasteiger partial charge on any atom is 0.319 e. The molecule has 0 N–H and O–H groups in total. The Labute approximate surface area is 191 Å². The zero-order chi connectivity index (χ0) is 21.9. The number of pyridine rings is 1. The zero-order valence-corrected chi connectivity index (χ0v) is 18.9. The molecule has 0 aromatic carbocycles. The number of alkyl halides is 1. The molecule has 3 fully saturated rings. The highest BCUT2D eigenvalue weighted by Crippen LogP contribution is 2.42. The molecule has 3 atom stereocenters. The summed E-state index contributed by atoms with van der Waals surface area (Å²) in [7, 11) is 0. The van der Waals surface area contributed by atoms with Crippen LogP contribution in [0.5, 0.6) is 6.01 Å². The number of nitrogens with zero attached hydrogens (tertiary/aromatic N) is 5. The first kappa shape index (κ1) is 20.8. The summed E-state index contributed by atoms with van der Waals surface area (Å²) in [6.45, 7) is 2.54. The van der Waals surface area contributed by atoms with E-state index in [1.807, 2.05) is 0 Å². The Morgan fingerprint density at radius 2 is 2.00 bits per heavy atom. The van der Waals surface area contributed by atoms with Crippen LogP contribution in [0.15, 0.2) is 0 Å². The van der Waals surface area contributed by atoms with Gasteiger partial charge in [-0.3, -0.25) is 4.90 Å². The van der Waals surface area contributed by atoms with Gasteiger partial charge in [0.1, 0.15) is 24.1 Å². The smallest absolute Gasteiger partial charge is 0.319 e. The minimum Gasteiger partial charge on any atom is -0.461 e. The van der Waals surface area contributed by atoms with Crippen LogP contribution in [0, 0.1) is 5.82 Å². The monoisotopic (exact) mass is 463 g/mol. The summed E-state index contributed by atoms with van der Waals surface area (Å²) in [5.74, 6) is 0.0839. The van der Waals surface area contributed by atoms with Crippen molar-refractivity contribution in [3.8, 4) is 6.01 Å². The molecule has 0 bridgehead atoms. The van der Waals surface area contributed by atoms with Gasteiger partial charge < -0.3 is 9.64 Å². The number of hydrogen-bond acceptors (Lipinski definition) is 6. The number of ether oxygens (including phenoxy) is 1. The van der Waals surface area contributed by atoms with E-state index in [9.17, 15) is 4.39 Å². The van der Waals surface area contributed by atoms with Gasteiger partial charge in [0, 0.05) is 25.6 Å². The zero-order valence-electron chi connectivity index (χ0n) is 18.1. The molecule has 172 valence electrons. The number of fused-ring (bicyclic) bond motifs is 3. The van der Waals surface area contributed by atoms with E-state index in [1.54, 1.807) is 0 Å². The van der Waals surface area contributed by atoms with E-state index in [1.165, 1.54) is 12.8 Å². The Kier molecular flexibility index (Phi) is 5.13. The van der Waals surface area contributed by atoms with Crippen LogP contribution in [-0.4, -0.2) is 63.8 Å². The Morgan fingerprint density at radius 1 is 1.09 bits per heavy atom. The summed E-state index contributed by atoms with van der Waals surface area (Å²) < 4.78 is 35.4. The third-order valence-electron chi connectivity index (χ3n) is 7.87. The normalized spacial score (nSPS) is 30.2. The molecule has 32 heavy (non-hydrogen) atoms. The molecule has 9 heteroatoms.